The van der Waals surface area contributed by atoms with Crippen LogP contribution < -0.4 is 10.1 Å². The molecule has 2 aromatic rings. The summed E-state index contributed by atoms with van der Waals surface area (Å²) in [5.74, 6) is 0.914. The fourth-order valence-electron chi connectivity index (χ4n) is 2.91. The third-order valence-corrected chi connectivity index (χ3v) is 4.08. The van der Waals surface area contributed by atoms with E-state index in [1.807, 2.05) is 12.1 Å². The van der Waals surface area contributed by atoms with Crippen molar-refractivity contribution >= 4 is 24.8 Å². The van der Waals surface area contributed by atoms with E-state index in [1.54, 1.807) is 7.11 Å². The Labute approximate surface area is 150 Å². The van der Waals surface area contributed by atoms with E-state index in [0.29, 0.717) is 6.04 Å². The molecular weight excluding hydrogens is 331 g/mol. The molecule has 0 aromatic heterocycles. The number of piperazine rings is 1. The van der Waals surface area contributed by atoms with Crippen LogP contribution in [-0.4, -0.2) is 31.6 Å². The van der Waals surface area contributed by atoms with E-state index in [2.05, 4.69) is 52.7 Å². The lowest BCUT2D eigenvalue weighted by molar-refractivity contribution is 0.153. The van der Waals surface area contributed by atoms with Gasteiger partial charge in [-0.25, -0.2) is 0 Å². The fourth-order valence-corrected chi connectivity index (χ4v) is 2.91. The average molecular weight is 355 g/mol. The summed E-state index contributed by atoms with van der Waals surface area (Å²) in [5, 5.41) is 3.50. The smallest absolute Gasteiger partial charge is 0.118 e. The molecule has 0 saturated carbocycles. The lowest BCUT2D eigenvalue weighted by Crippen LogP contribution is -2.45. The standard InChI is InChI=1S/C18H22N2O.2ClH/c1-21-17-9-7-16(8-10-17)18-13-19-11-12-20(18)14-15-5-3-2-4-6-15;;/h2-10,18-19H,11-14H2,1H3;2*1H. The van der Waals surface area contributed by atoms with Crippen molar-refractivity contribution in [3.05, 3.63) is 65.7 Å². The number of rotatable bonds is 4. The average Bonchev–Trinajstić information content (AvgIpc) is 2.56. The van der Waals surface area contributed by atoms with Crippen molar-refractivity contribution in [2.75, 3.05) is 26.7 Å². The molecule has 1 fully saturated rings. The SMILES string of the molecule is COc1ccc(C2CNCCN2Cc2ccccc2)cc1.Cl.Cl. The third kappa shape index (κ3) is 5.11. The number of benzene rings is 2. The van der Waals surface area contributed by atoms with Gasteiger partial charge in [0.15, 0.2) is 0 Å². The highest BCUT2D eigenvalue weighted by atomic mass is 35.5. The van der Waals surface area contributed by atoms with Gasteiger partial charge in [0, 0.05) is 32.2 Å². The zero-order valence-corrected chi connectivity index (χ0v) is 14.9. The molecule has 5 heteroatoms. The number of hydrogen-bond donors (Lipinski definition) is 1. The topological polar surface area (TPSA) is 24.5 Å². The van der Waals surface area contributed by atoms with Crippen LogP contribution in [0, 0.1) is 0 Å². The van der Waals surface area contributed by atoms with E-state index < -0.39 is 0 Å². The number of nitrogens with zero attached hydrogens (tertiary/aromatic N) is 1. The summed E-state index contributed by atoms with van der Waals surface area (Å²) >= 11 is 0. The minimum absolute atomic E-state index is 0. The number of nitrogens with one attached hydrogen (secondary N) is 1. The van der Waals surface area contributed by atoms with Crippen molar-refractivity contribution in [1.82, 2.24) is 10.2 Å². The molecule has 3 nitrogen and oxygen atoms in total. The van der Waals surface area contributed by atoms with Crippen molar-refractivity contribution in [3.63, 3.8) is 0 Å². The van der Waals surface area contributed by atoms with E-state index in [4.69, 9.17) is 4.74 Å². The summed E-state index contributed by atoms with van der Waals surface area (Å²) in [5.41, 5.74) is 2.72. The van der Waals surface area contributed by atoms with Crippen LogP contribution in [0.4, 0.5) is 0 Å². The molecule has 2 aromatic carbocycles. The van der Waals surface area contributed by atoms with Gasteiger partial charge >= 0.3 is 0 Å². The second-order valence-electron chi connectivity index (χ2n) is 5.45. The first-order valence-corrected chi connectivity index (χ1v) is 7.49. The summed E-state index contributed by atoms with van der Waals surface area (Å²) in [7, 11) is 1.71. The molecule has 1 aliphatic heterocycles. The highest BCUT2D eigenvalue weighted by Crippen LogP contribution is 2.25. The molecule has 1 N–H and O–H groups in total. The Balaban J connectivity index is 0.00000132. The summed E-state index contributed by atoms with van der Waals surface area (Å²) < 4.78 is 5.25. The van der Waals surface area contributed by atoms with E-state index in [0.717, 1.165) is 31.9 Å². The van der Waals surface area contributed by atoms with Crippen molar-refractivity contribution in [2.45, 2.75) is 12.6 Å². The van der Waals surface area contributed by atoms with Crippen LogP contribution in [-0.2, 0) is 6.54 Å². The molecule has 0 bridgehead atoms. The highest BCUT2D eigenvalue weighted by molar-refractivity contribution is 5.85. The Morgan fingerprint density at radius 3 is 2.39 bits per heavy atom. The summed E-state index contributed by atoms with van der Waals surface area (Å²) in [6, 6.07) is 19.6. The molecule has 0 spiro atoms. The highest BCUT2D eigenvalue weighted by Gasteiger charge is 2.23. The maximum Gasteiger partial charge on any atom is 0.118 e. The van der Waals surface area contributed by atoms with Crippen molar-refractivity contribution in [1.29, 1.82) is 0 Å². The predicted octanol–water partition coefficient (Wildman–Crippen LogP) is 3.69. The Bertz CT molecular complexity index is 563. The number of ether oxygens (including phenoxy) is 1. The van der Waals surface area contributed by atoms with Gasteiger partial charge < -0.3 is 10.1 Å². The molecule has 126 valence electrons. The fraction of sp³-hybridized carbons (Fsp3) is 0.333. The molecule has 1 aliphatic rings. The second-order valence-corrected chi connectivity index (χ2v) is 5.45. The van der Waals surface area contributed by atoms with Gasteiger partial charge in [0.25, 0.3) is 0 Å². The van der Waals surface area contributed by atoms with Crippen molar-refractivity contribution in [2.24, 2.45) is 0 Å². The number of hydrogen-bond acceptors (Lipinski definition) is 3. The second kappa shape index (κ2) is 9.78. The summed E-state index contributed by atoms with van der Waals surface area (Å²) in [6.07, 6.45) is 0. The molecule has 0 radical (unpaired) electrons. The maximum atomic E-state index is 5.25. The molecule has 1 atom stereocenters. The Hall–Kier alpha value is -1.26. The number of methoxy groups -OCH3 is 1. The lowest BCUT2D eigenvalue weighted by atomic mass is 10.0. The van der Waals surface area contributed by atoms with E-state index in [-0.39, 0.29) is 24.8 Å². The van der Waals surface area contributed by atoms with Gasteiger partial charge in [0.2, 0.25) is 0 Å². The van der Waals surface area contributed by atoms with E-state index in [9.17, 15) is 0 Å². The van der Waals surface area contributed by atoms with E-state index >= 15 is 0 Å². The van der Waals surface area contributed by atoms with Gasteiger partial charge in [-0.15, -0.1) is 24.8 Å². The first kappa shape index (κ1) is 19.8. The van der Waals surface area contributed by atoms with Crippen LogP contribution >= 0.6 is 24.8 Å². The van der Waals surface area contributed by atoms with E-state index in [1.165, 1.54) is 11.1 Å². The summed E-state index contributed by atoms with van der Waals surface area (Å²) in [4.78, 5) is 2.55. The van der Waals surface area contributed by atoms with Crippen LogP contribution in [0.1, 0.15) is 17.2 Å². The van der Waals surface area contributed by atoms with Crippen LogP contribution in [0.25, 0.3) is 0 Å². The number of halogens is 2. The van der Waals surface area contributed by atoms with Gasteiger partial charge in [-0.2, -0.15) is 0 Å². The molecular formula is C18H24Cl2N2O. The first-order chi connectivity index (χ1) is 10.4. The largest absolute Gasteiger partial charge is 0.497 e. The zero-order chi connectivity index (χ0) is 14.5. The third-order valence-electron chi connectivity index (χ3n) is 4.08. The minimum atomic E-state index is 0. The van der Waals surface area contributed by atoms with Crippen LogP contribution in [0.5, 0.6) is 5.75 Å². The van der Waals surface area contributed by atoms with Crippen LogP contribution in [0.2, 0.25) is 0 Å². The van der Waals surface area contributed by atoms with Gasteiger partial charge in [-0.05, 0) is 23.3 Å². The molecule has 3 rings (SSSR count). The van der Waals surface area contributed by atoms with Crippen molar-refractivity contribution in [3.8, 4) is 5.75 Å². The molecule has 1 heterocycles. The van der Waals surface area contributed by atoms with Gasteiger partial charge in [-0.1, -0.05) is 42.5 Å². The van der Waals surface area contributed by atoms with Crippen LogP contribution in [0.3, 0.4) is 0 Å². The zero-order valence-electron chi connectivity index (χ0n) is 13.3. The summed E-state index contributed by atoms with van der Waals surface area (Å²) in [6.45, 7) is 4.13. The quantitative estimate of drug-likeness (QED) is 0.906. The van der Waals surface area contributed by atoms with Gasteiger partial charge in [0.05, 0.1) is 7.11 Å². The van der Waals surface area contributed by atoms with Crippen molar-refractivity contribution < 1.29 is 4.74 Å². The molecule has 0 amide bonds. The Morgan fingerprint density at radius 2 is 1.74 bits per heavy atom. The first-order valence-electron chi connectivity index (χ1n) is 7.49. The maximum absolute atomic E-state index is 5.25. The predicted molar refractivity (Wildman–Crippen MR) is 100.0 cm³/mol. The van der Waals surface area contributed by atoms with Crippen LogP contribution in [0.15, 0.2) is 54.6 Å². The molecule has 1 unspecified atom stereocenters. The lowest BCUT2D eigenvalue weighted by Gasteiger charge is -2.36. The molecule has 23 heavy (non-hydrogen) atoms. The molecule has 1 saturated heterocycles. The minimum Gasteiger partial charge on any atom is -0.497 e. The normalized spacial score (nSPS) is 17.7. The Morgan fingerprint density at radius 1 is 1.04 bits per heavy atom. The van der Waals surface area contributed by atoms with Gasteiger partial charge in [0.1, 0.15) is 5.75 Å². The van der Waals surface area contributed by atoms with Gasteiger partial charge in [-0.3, -0.25) is 4.90 Å². The molecule has 0 aliphatic carbocycles. The Kier molecular flexibility index (Phi) is 8.42. The monoisotopic (exact) mass is 354 g/mol.